The molecular formula is C14H20F3N3O. The lowest BCUT2D eigenvalue weighted by atomic mass is 10.1. The molecule has 1 N–H and O–H groups in total. The number of halogens is 3. The first-order valence-electron chi connectivity index (χ1n) is 7.27. The summed E-state index contributed by atoms with van der Waals surface area (Å²) < 4.78 is 39.2. The number of hydrogen-bond acceptors (Lipinski definition) is 2. The molecule has 2 rings (SSSR count). The van der Waals surface area contributed by atoms with Gasteiger partial charge in [-0.15, -0.1) is 0 Å². The number of hydrogen-bond donors (Lipinski definition) is 1. The van der Waals surface area contributed by atoms with Crippen LogP contribution in [0.5, 0.6) is 0 Å². The fraction of sp³-hybridized carbons (Fsp3) is 0.714. The van der Waals surface area contributed by atoms with Gasteiger partial charge in [0.05, 0.1) is 5.69 Å². The van der Waals surface area contributed by atoms with Crippen LogP contribution in [-0.2, 0) is 17.5 Å². The van der Waals surface area contributed by atoms with E-state index in [0.29, 0.717) is 0 Å². The number of aryl methyl sites for hydroxylation is 1. The first-order chi connectivity index (χ1) is 9.86. The normalized spacial score (nSPS) is 17.5. The van der Waals surface area contributed by atoms with Gasteiger partial charge in [0.15, 0.2) is 0 Å². The summed E-state index contributed by atoms with van der Waals surface area (Å²) in [7, 11) is 0. The van der Waals surface area contributed by atoms with Crippen molar-refractivity contribution in [3.05, 3.63) is 17.5 Å². The minimum atomic E-state index is -4.50. The van der Waals surface area contributed by atoms with E-state index in [-0.39, 0.29) is 18.3 Å². The Morgan fingerprint density at radius 1 is 1.33 bits per heavy atom. The highest BCUT2D eigenvalue weighted by Gasteiger charge is 2.35. The fourth-order valence-corrected chi connectivity index (χ4v) is 2.73. The highest BCUT2D eigenvalue weighted by molar-refractivity contribution is 5.76. The summed E-state index contributed by atoms with van der Waals surface area (Å²) in [5.74, 6) is -0.407. The third-order valence-corrected chi connectivity index (χ3v) is 3.71. The molecule has 21 heavy (non-hydrogen) atoms. The maximum atomic E-state index is 12.8. The Hall–Kier alpha value is -1.53. The third-order valence-electron chi connectivity index (χ3n) is 3.71. The van der Waals surface area contributed by atoms with E-state index in [0.717, 1.165) is 49.3 Å². The average Bonchev–Trinajstić information content (AvgIpc) is 2.59. The molecule has 1 heterocycles. The van der Waals surface area contributed by atoms with E-state index in [2.05, 4.69) is 10.4 Å². The molecule has 0 radical (unpaired) electrons. The maximum Gasteiger partial charge on any atom is 0.433 e. The van der Waals surface area contributed by atoms with Crippen LogP contribution in [0, 0.1) is 6.92 Å². The highest BCUT2D eigenvalue weighted by atomic mass is 19.4. The standard InChI is InChI=1S/C14H20F3N3O/c1-10-8-12(14(15,16)17)20(19-10)9-13(21)18-11-6-4-2-3-5-7-11/h8,11H,2-7,9H2,1H3,(H,18,21). The van der Waals surface area contributed by atoms with Crippen LogP contribution in [-0.4, -0.2) is 21.7 Å². The molecule has 1 aromatic rings. The van der Waals surface area contributed by atoms with E-state index in [4.69, 9.17) is 0 Å². The Balaban J connectivity index is 1.99. The second-order valence-corrected chi connectivity index (χ2v) is 5.58. The van der Waals surface area contributed by atoms with Crippen LogP contribution in [0.4, 0.5) is 13.2 Å². The fourth-order valence-electron chi connectivity index (χ4n) is 2.73. The molecule has 118 valence electrons. The predicted octanol–water partition coefficient (Wildman–Crippen LogP) is 3.05. The molecule has 0 bridgehead atoms. The SMILES string of the molecule is Cc1cc(C(F)(F)F)n(CC(=O)NC2CCCCCC2)n1. The third kappa shape index (κ3) is 4.47. The van der Waals surface area contributed by atoms with Crippen LogP contribution in [0.15, 0.2) is 6.07 Å². The van der Waals surface area contributed by atoms with Gasteiger partial charge in [0.1, 0.15) is 12.2 Å². The quantitative estimate of drug-likeness (QED) is 0.872. The lowest BCUT2D eigenvalue weighted by Gasteiger charge is -2.17. The number of carbonyl (C=O) groups excluding carboxylic acids is 1. The Morgan fingerprint density at radius 2 is 1.95 bits per heavy atom. The summed E-state index contributed by atoms with van der Waals surface area (Å²) in [6, 6.07) is 1.03. The molecule has 0 aliphatic heterocycles. The summed E-state index contributed by atoms with van der Waals surface area (Å²) in [4.78, 5) is 11.9. The van der Waals surface area contributed by atoms with Gasteiger partial charge >= 0.3 is 6.18 Å². The summed E-state index contributed by atoms with van der Waals surface area (Å²) in [6.45, 7) is 1.09. The minimum absolute atomic E-state index is 0.0750. The van der Waals surface area contributed by atoms with E-state index in [1.165, 1.54) is 6.92 Å². The van der Waals surface area contributed by atoms with Gasteiger partial charge in [-0.05, 0) is 25.8 Å². The molecule has 0 saturated heterocycles. The molecule has 1 saturated carbocycles. The van der Waals surface area contributed by atoms with E-state index in [9.17, 15) is 18.0 Å². The van der Waals surface area contributed by atoms with Gasteiger partial charge in [-0.3, -0.25) is 9.48 Å². The minimum Gasteiger partial charge on any atom is -0.352 e. The molecule has 1 aliphatic carbocycles. The zero-order chi connectivity index (χ0) is 15.5. The molecule has 1 amide bonds. The largest absolute Gasteiger partial charge is 0.433 e. The smallest absolute Gasteiger partial charge is 0.352 e. The van der Waals surface area contributed by atoms with Crippen LogP contribution >= 0.6 is 0 Å². The van der Waals surface area contributed by atoms with Gasteiger partial charge < -0.3 is 5.32 Å². The summed E-state index contributed by atoms with van der Waals surface area (Å²) in [6.07, 6.45) is 1.72. The van der Waals surface area contributed by atoms with Crippen LogP contribution in [0.2, 0.25) is 0 Å². The second-order valence-electron chi connectivity index (χ2n) is 5.58. The Bertz CT molecular complexity index is 488. The van der Waals surface area contributed by atoms with E-state index in [1.807, 2.05) is 0 Å². The summed E-state index contributed by atoms with van der Waals surface area (Å²) >= 11 is 0. The molecule has 1 fully saturated rings. The van der Waals surface area contributed by atoms with Crippen molar-refractivity contribution in [1.29, 1.82) is 0 Å². The zero-order valence-corrected chi connectivity index (χ0v) is 12.0. The number of alkyl halides is 3. The number of nitrogens with one attached hydrogen (secondary N) is 1. The molecule has 0 atom stereocenters. The lowest BCUT2D eigenvalue weighted by Crippen LogP contribution is -2.37. The lowest BCUT2D eigenvalue weighted by molar-refractivity contribution is -0.144. The van der Waals surface area contributed by atoms with Crippen LogP contribution < -0.4 is 5.32 Å². The van der Waals surface area contributed by atoms with Crippen molar-refractivity contribution in [3.8, 4) is 0 Å². The predicted molar refractivity (Wildman–Crippen MR) is 71.6 cm³/mol. The first kappa shape index (κ1) is 15.9. The van der Waals surface area contributed by atoms with Gasteiger partial charge in [0.2, 0.25) is 5.91 Å². The van der Waals surface area contributed by atoms with Gasteiger partial charge in [0.25, 0.3) is 0 Å². The van der Waals surface area contributed by atoms with Gasteiger partial charge in [-0.1, -0.05) is 25.7 Å². The van der Waals surface area contributed by atoms with E-state index < -0.39 is 17.8 Å². The Kier molecular flexibility index (Phi) is 4.90. The van der Waals surface area contributed by atoms with Crippen molar-refractivity contribution < 1.29 is 18.0 Å². The van der Waals surface area contributed by atoms with Gasteiger partial charge in [-0.25, -0.2) is 0 Å². The summed E-state index contributed by atoms with van der Waals surface area (Å²) in [5, 5.41) is 6.59. The highest BCUT2D eigenvalue weighted by Crippen LogP contribution is 2.29. The van der Waals surface area contributed by atoms with E-state index in [1.54, 1.807) is 0 Å². The topological polar surface area (TPSA) is 46.9 Å². The molecule has 0 spiro atoms. The molecular weight excluding hydrogens is 283 g/mol. The molecule has 1 aromatic heterocycles. The first-order valence-corrected chi connectivity index (χ1v) is 7.27. The molecule has 1 aliphatic rings. The van der Waals surface area contributed by atoms with Gasteiger partial charge in [-0.2, -0.15) is 18.3 Å². The van der Waals surface area contributed by atoms with Crippen LogP contribution in [0.1, 0.15) is 49.9 Å². The van der Waals surface area contributed by atoms with Crippen molar-refractivity contribution >= 4 is 5.91 Å². The van der Waals surface area contributed by atoms with Crippen LogP contribution in [0.25, 0.3) is 0 Å². The number of amides is 1. The van der Waals surface area contributed by atoms with Crippen LogP contribution in [0.3, 0.4) is 0 Å². The number of nitrogens with zero attached hydrogens (tertiary/aromatic N) is 2. The molecule has 0 aromatic carbocycles. The van der Waals surface area contributed by atoms with E-state index >= 15 is 0 Å². The maximum absolute atomic E-state index is 12.8. The Labute approximate surface area is 121 Å². The van der Waals surface area contributed by atoms with Crippen molar-refractivity contribution in [2.24, 2.45) is 0 Å². The monoisotopic (exact) mass is 303 g/mol. The number of aromatic nitrogens is 2. The van der Waals surface area contributed by atoms with Crippen molar-refractivity contribution in [1.82, 2.24) is 15.1 Å². The summed E-state index contributed by atoms with van der Waals surface area (Å²) in [5.41, 5.74) is -0.624. The molecule has 7 heteroatoms. The van der Waals surface area contributed by atoms with Gasteiger partial charge in [0, 0.05) is 6.04 Å². The molecule has 4 nitrogen and oxygen atoms in total. The van der Waals surface area contributed by atoms with Crippen molar-refractivity contribution in [3.63, 3.8) is 0 Å². The number of carbonyl (C=O) groups is 1. The second kappa shape index (κ2) is 6.49. The molecule has 0 unspecified atom stereocenters. The Morgan fingerprint density at radius 3 is 2.52 bits per heavy atom. The van der Waals surface area contributed by atoms with Crippen molar-refractivity contribution in [2.45, 2.75) is 64.2 Å². The average molecular weight is 303 g/mol. The van der Waals surface area contributed by atoms with Crippen molar-refractivity contribution in [2.75, 3.05) is 0 Å². The number of rotatable bonds is 3. The zero-order valence-electron chi connectivity index (χ0n) is 12.0.